The number of phenolic OH excluding ortho intramolecular Hbond substituents is 1. The lowest BCUT2D eigenvalue weighted by Crippen LogP contribution is -1.97. The number of benzene rings is 1. The average Bonchev–Trinajstić information content (AvgIpc) is 2.07. The summed E-state index contributed by atoms with van der Waals surface area (Å²) in [5.74, 6) is 0.598. The fraction of sp³-hybridized carbons (Fsp3) is 0.200. The molecule has 0 saturated carbocycles. The van der Waals surface area contributed by atoms with Crippen molar-refractivity contribution in [2.75, 3.05) is 6.61 Å². The summed E-state index contributed by atoms with van der Waals surface area (Å²) < 4.78 is 5.93. The first kappa shape index (κ1) is 10.1. The lowest BCUT2D eigenvalue weighted by Gasteiger charge is -2.08. The zero-order chi connectivity index (χ0) is 9.84. The summed E-state index contributed by atoms with van der Waals surface area (Å²) in [7, 11) is 0. The van der Waals surface area contributed by atoms with Crippen LogP contribution >= 0.6 is 15.9 Å². The highest BCUT2D eigenvalue weighted by Crippen LogP contribution is 2.33. The van der Waals surface area contributed by atoms with Gasteiger partial charge in [0.1, 0.15) is 6.61 Å². The van der Waals surface area contributed by atoms with Crippen LogP contribution in [0.2, 0.25) is 0 Å². The predicted molar refractivity (Wildman–Crippen MR) is 56.1 cm³/mol. The van der Waals surface area contributed by atoms with Gasteiger partial charge in [-0.3, -0.25) is 0 Å². The SMILES string of the molecule is C=C(C)COc1cccc(Br)c1O. The van der Waals surface area contributed by atoms with Gasteiger partial charge in [0.2, 0.25) is 0 Å². The van der Waals surface area contributed by atoms with E-state index in [2.05, 4.69) is 22.5 Å². The molecule has 1 aromatic rings. The average molecular weight is 243 g/mol. The predicted octanol–water partition coefficient (Wildman–Crippen LogP) is 3.11. The second-order valence-corrected chi connectivity index (χ2v) is 3.69. The number of hydrogen-bond acceptors (Lipinski definition) is 2. The highest BCUT2D eigenvalue weighted by Gasteiger charge is 2.04. The second-order valence-electron chi connectivity index (χ2n) is 2.83. The molecule has 0 unspecified atom stereocenters. The van der Waals surface area contributed by atoms with E-state index in [-0.39, 0.29) is 5.75 Å². The Morgan fingerprint density at radius 2 is 2.31 bits per heavy atom. The number of para-hydroxylation sites is 1. The fourth-order valence-corrected chi connectivity index (χ4v) is 1.16. The third-order valence-electron chi connectivity index (χ3n) is 1.42. The highest BCUT2D eigenvalue weighted by molar-refractivity contribution is 9.10. The molecular weight excluding hydrogens is 232 g/mol. The molecule has 0 aliphatic heterocycles. The molecule has 0 spiro atoms. The second kappa shape index (κ2) is 4.33. The van der Waals surface area contributed by atoms with Crippen LogP contribution in [0.3, 0.4) is 0 Å². The molecule has 0 amide bonds. The van der Waals surface area contributed by atoms with Gasteiger partial charge >= 0.3 is 0 Å². The largest absolute Gasteiger partial charge is 0.503 e. The molecule has 0 fully saturated rings. The van der Waals surface area contributed by atoms with Crippen molar-refractivity contribution in [1.82, 2.24) is 0 Å². The fourth-order valence-electron chi connectivity index (χ4n) is 0.813. The van der Waals surface area contributed by atoms with Crippen LogP contribution in [0.25, 0.3) is 0 Å². The zero-order valence-corrected chi connectivity index (χ0v) is 8.97. The van der Waals surface area contributed by atoms with Crippen molar-refractivity contribution < 1.29 is 9.84 Å². The van der Waals surface area contributed by atoms with Crippen LogP contribution in [0, 0.1) is 0 Å². The number of hydrogen-bond donors (Lipinski definition) is 1. The minimum Gasteiger partial charge on any atom is -0.503 e. The van der Waals surface area contributed by atoms with Crippen LogP contribution in [0.15, 0.2) is 34.8 Å². The van der Waals surface area contributed by atoms with Crippen LogP contribution in [0.5, 0.6) is 11.5 Å². The third-order valence-corrected chi connectivity index (χ3v) is 2.06. The molecule has 0 bridgehead atoms. The van der Waals surface area contributed by atoms with Gasteiger partial charge in [0.05, 0.1) is 4.47 Å². The van der Waals surface area contributed by atoms with E-state index in [1.807, 2.05) is 6.92 Å². The van der Waals surface area contributed by atoms with Gasteiger partial charge in [0, 0.05) is 0 Å². The standard InChI is InChI=1S/C10H11BrO2/c1-7(2)6-13-9-5-3-4-8(11)10(9)12/h3-5,12H,1,6H2,2H3. The molecule has 70 valence electrons. The third kappa shape index (κ3) is 2.77. The van der Waals surface area contributed by atoms with Crippen molar-refractivity contribution in [3.8, 4) is 11.5 Å². The normalized spacial score (nSPS) is 9.69. The summed E-state index contributed by atoms with van der Waals surface area (Å²) in [5.41, 5.74) is 0.916. The van der Waals surface area contributed by atoms with Crippen LogP contribution in [-0.2, 0) is 0 Å². The molecule has 0 aromatic heterocycles. The highest BCUT2D eigenvalue weighted by atomic mass is 79.9. The van der Waals surface area contributed by atoms with E-state index in [1.54, 1.807) is 18.2 Å². The van der Waals surface area contributed by atoms with Crippen molar-refractivity contribution in [3.63, 3.8) is 0 Å². The number of halogens is 1. The van der Waals surface area contributed by atoms with Crippen molar-refractivity contribution in [2.24, 2.45) is 0 Å². The Morgan fingerprint density at radius 3 is 2.92 bits per heavy atom. The summed E-state index contributed by atoms with van der Waals surface area (Å²) >= 11 is 3.20. The lowest BCUT2D eigenvalue weighted by atomic mass is 10.3. The molecule has 0 atom stereocenters. The van der Waals surface area contributed by atoms with Crippen LogP contribution in [0.1, 0.15) is 6.92 Å². The van der Waals surface area contributed by atoms with E-state index in [4.69, 9.17) is 4.74 Å². The van der Waals surface area contributed by atoms with Crippen molar-refractivity contribution in [2.45, 2.75) is 6.92 Å². The maximum absolute atomic E-state index is 9.51. The number of aromatic hydroxyl groups is 1. The molecule has 0 heterocycles. The van der Waals surface area contributed by atoms with E-state index in [0.717, 1.165) is 5.57 Å². The Hall–Kier alpha value is -0.960. The topological polar surface area (TPSA) is 29.5 Å². The van der Waals surface area contributed by atoms with Crippen LogP contribution < -0.4 is 4.74 Å². The van der Waals surface area contributed by atoms with Gasteiger partial charge in [-0.15, -0.1) is 0 Å². The Bertz CT molecular complexity index is 321. The van der Waals surface area contributed by atoms with Gasteiger partial charge in [0.25, 0.3) is 0 Å². The molecule has 1 N–H and O–H groups in total. The van der Waals surface area contributed by atoms with E-state index < -0.39 is 0 Å². The molecule has 0 saturated heterocycles. The van der Waals surface area contributed by atoms with E-state index in [0.29, 0.717) is 16.8 Å². The maximum atomic E-state index is 9.51. The molecule has 0 radical (unpaired) electrons. The Kier molecular flexibility index (Phi) is 3.37. The molecule has 3 heteroatoms. The smallest absolute Gasteiger partial charge is 0.172 e. The monoisotopic (exact) mass is 242 g/mol. The van der Waals surface area contributed by atoms with Crippen molar-refractivity contribution >= 4 is 15.9 Å². The van der Waals surface area contributed by atoms with Crippen molar-refractivity contribution in [1.29, 1.82) is 0 Å². The first-order valence-corrected chi connectivity index (χ1v) is 4.65. The van der Waals surface area contributed by atoms with Crippen LogP contribution in [0.4, 0.5) is 0 Å². The zero-order valence-electron chi connectivity index (χ0n) is 7.38. The molecule has 1 aromatic carbocycles. The first-order chi connectivity index (χ1) is 6.11. The molecule has 1 rings (SSSR count). The molecule has 13 heavy (non-hydrogen) atoms. The lowest BCUT2D eigenvalue weighted by molar-refractivity contribution is 0.327. The minimum absolute atomic E-state index is 0.128. The molecular formula is C10H11BrO2. The summed E-state index contributed by atoms with van der Waals surface area (Å²) in [6, 6.07) is 5.27. The Balaban J connectivity index is 2.77. The summed E-state index contributed by atoms with van der Waals surface area (Å²) in [6.45, 7) is 5.99. The van der Waals surface area contributed by atoms with Gasteiger partial charge in [-0.2, -0.15) is 0 Å². The quantitative estimate of drug-likeness (QED) is 0.826. The van der Waals surface area contributed by atoms with Gasteiger partial charge in [-0.25, -0.2) is 0 Å². The van der Waals surface area contributed by atoms with Crippen molar-refractivity contribution in [3.05, 3.63) is 34.8 Å². The summed E-state index contributed by atoms with van der Waals surface area (Å²) in [5, 5.41) is 9.51. The number of phenols is 1. The van der Waals surface area contributed by atoms with E-state index in [9.17, 15) is 5.11 Å². The Labute approximate surface area is 86.0 Å². The molecule has 0 aliphatic carbocycles. The summed E-state index contributed by atoms with van der Waals surface area (Å²) in [6.07, 6.45) is 0. The molecule has 2 nitrogen and oxygen atoms in total. The van der Waals surface area contributed by atoms with Gasteiger partial charge < -0.3 is 9.84 Å². The maximum Gasteiger partial charge on any atom is 0.172 e. The van der Waals surface area contributed by atoms with Crippen LogP contribution in [-0.4, -0.2) is 11.7 Å². The molecule has 0 aliphatic rings. The van der Waals surface area contributed by atoms with E-state index >= 15 is 0 Å². The van der Waals surface area contributed by atoms with Gasteiger partial charge in [-0.05, 0) is 40.6 Å². The van der Waals surface area contributed by atoms with E-state index in [1.165, 1.54) is 0 Å². The minimum atomic E-state index is 0.128. The van der Waals surface area contributed by atoms with Gasteiger partial charge in [0.15, 0.2) is 11.5 Å². The van der Waals surface area contributed by atoms with Gasteiger partial charge in [-0.1, -0.05) is 12.6 Å². The number of ether oxygens (including phenoxy) is 1. The first-order valence-electron chi connectivity index (χ1n) is 3.86. The Morgan fingerprint density at radius 1 is 1.62 bits per heavy atom. The summed E-state index contributed by atoms with van der Waals surface area (Å²) in [4.78, 5) is 0. The number of rotatable bonds is 3.